The summed E-state index contributed by atoms with van der Waals surface area (Å²) in [7, 11) is 2.12. The first-order valence-electron chi connectivity index (χ1n) is 9.46. The minimum Gasteiger partial charge on any atom is -0.319 e. The average molecular weight is 302 g/mol. The zero-order valence-corrected chi connectivity index (χ0v) is 15.3. The molecule has 1 N–H and O–H groups in total. The van der Waals surface area contributed by atoms with Crippen LogP contribution in [0.15, 0.2) is 23.3 Å². The number of hydrogen-bond donors (Lipinski definition) is 1. The van der Waals surface area contributed by atoms with Crippen LogP contribution in [0.1, 0.15) is 66.2 Å². The summed E-state index contributed by atoms with van der Waals surface area (Å²) in [6.07, 6.45) is 13.4. The van der Waals surface area contributed by atoms with Crippen molar-refractivity contribution in [3.05, 3.63) is 23.3 Å². The summed E-state index contributed by atoms with van der Waals surface area (Å²) in [5.41, 5.74) is 4.36. The summed E-state index contributed by atoms with van der Waals surface area (Å²) in [4.78, 5) is 0. The van der Waals surface area contributed by atoms with E-state index in [0.29, 0.717) is 16.7 Å². The molecular weight excluding hydrogens is 266 g/mol. The van der Waals surface area contributed by atoms with Gasteiger partial charge in [0.25, 0.3) is 0 Å². The maximum absolute atomic E-state index is 3.49. The van der Waals surface area contributed by atoms with Gasteiger partial charge in [-0.2, -0.15) is 0 Å². The van der Waals surface area contributed by atoms with Crippen LogP contribution in [0.5, 0.6) is 0 Å². The van der Waals surface area contributed by atoms with Crippen LogP contribution in [0.25, 0.3) is 0 Å². The average Bonchev–Trinajstić information content (AvgIpc) is 2.46. The molecule has 3 aliphatic rings. The van der Waals surface area contributed by atoms with Gasteiger partial charge in [0.15, 0.2) is 0 Å². The molecule has 0 saturated heterocycles. The third-order valence-corrected chi connectivity index (χ3v) is 7.28. The molecule has 4 atom stereocenters. The maximum atomic E-state index is 3.49. The molecule has 1 saturated carbocycles. The molecule has 124 valence electrons. The largest absolute Gasteiger partial charge is 0.319 e. The molecule has 0 aliphatic heterocycles. The van der Waals surface area contributed by atoms with Crippen LogP contribution >= 0.6 is 0 Å². The van der Waals surface area contributed by atoms with Gasteiger partial charge in [-0.25, -0.2) is 0 Å². The summed E-state index contributed by atoms with van der Waals surface area (Å²) in [5, 5.41) is 3.49. The Balaban J connectivity index is 1.94. The van der Waals surface area contributed by atoms with E-state index in [4.69, 9.17) is 0 Å². The number of fused-ring (bicyclic) bond motifs is 3. The predicted molar refractivity (Wildman–Crippen MR) is 95.8 cm³/mol. The van der Waals surface area contributed by atoms with Crippen molar-refractivity contribution in [1.29, 1.82) is 0 Å². The standard InChI is InChI=1S/C21H35N/c1-15(2)16-7-9-18-17(13-16)8-10-19-20(3,14-22-5)11-6-12-21(18,19)4/h8,13,15,18-19,22H,6-7,9-12,14H2,1-5H3/t18?,19?,20-,21-/m0/s1. The van der Waals surface area contributed by atoms with Crippen molar-refractivity contribution in [2.75, 3.05) is 13.6 Å². The third kappa shape index (κ3) is 2.50. The van der Waals surface area contributed by atoms with Gasteiger partial charge in [-0.05, 0) is 73.3 Å². The molecule has 0 radical (unpaired) electrons. The van der Waals surface area contributed by atoms with E-state index >= 15 is 0 Å². The van der Waals surface area contributed by atoms with Gasteiger partial charge in [0.2, 0.25) is 0 Å². The minimum absolute atomic E-state index is 0.478. The molecule has 3 aliphatic carbocycles. The first-order chi connectivity index (χ1) is 10.4. The zero-order valence-electron chi connectivity index (χ0n) is 15.3. The highest BCUT2D eigenvalue weighted by atomic mass is 14.8. The monoisotopic (exact) mass is 301 g/mol. The minimum atomic E-state index is 0.478. The van der Waals surface area contributed by atoms with Gasteiger partial charge < -0.3 is 5.32 Å². The Kier molecular flexibility index (Phi) is 4.31. The van der Waals surface area contributed by atoms with Crippen molar-refractivity contribution in [2.45, 2.75) is 66.2 Å². The normalized spacial score (nSPS) is 41.5. The molecule has 1 fully saturated rings. The third-order valence-electron chi connectivity index (χ3n) is 7.28. The molecule has 0 aromatic heterocycles. The second-order valence-electron chi connectivity index (χ2n) is 9.00. The van der Waals surface area contributed by atoms with E-state index < -0.39 is 0 Å². The summed E-state index contributed by atoms with van der Waals surface area (Å²) in [6.45, 7) is 11.0. The number of allylic oxidation sites excluding steroid dienone is 4. The van der Waals surface area contributed by atoms with E-state index in [9.17, 15) is 0 Å². The van der Waals surface area contributed by atoms with E-state index in [0.717, 1.165) is 11.8 Å². The molecular formula is C21H35N. The molecule has 3 rings (SSSR count). The highest BCUT2D eigenvalue weighted by Gasteiger charge is 2.53. The van der Waals surface area contributed by atoms with Gasteiger partial charge in [-0.1, -0.05) is 51.8 Å². The van der Waals surface area contributed by atoms with Crippen molar-refractivity contribution < 1.29 is 0 Å². The quantitative estimate of drug-likeness (QED) is 0.742. The van der Waals surface area contributed by atoms with Crippen LogP contribution in [-0.4, -0.2) is 13.6 Å². The van der Waals surface area contributed by atoms with Crippen molar-refractivity contribution in [2.24, 2.45) is 28.6 Å². The Hall–Kier alpha value is -0.560. The molecule has 22 heavy (non-hydrogen) atoms. The molecule has 0 spiro atoms. The van der Waals surface area contributed by atoms with Crippen molar-refractivity contribution >= 4 is 0 Å². The van der Waals surface area contributed by atoms with E-state index in [1.165, 1.54) is 45.1 Å². The first-order valence-corrected chi connectivity index (χ1v) is 9.46. The second-order valence-corrected chi connectivity index (χ2v) is 9.00. The highest BCUT2D eigenvalue weighted by Crippen LogP contribution is 2.61. The Morgan fingerprint density at radius 2 is 2.05 bits per heavy atom. The van der Waals surface area contributed by atoms with Gasteiger partial charge in [0, 0.05) is 6.54 Å². The molecule has 0 aromatic rings. The Morgan fingerprint density at radius 3 is 2.73 bits per heavy atom. The summed E-state index contributed by atoms with van der Waals surface area (Å²) < 4.78 is 0. The lowest BCUT2D eigenvalue weighted by molar-refractivity contribution is -0.0470. The zero-order chi connectivity index (χ0) is 16.0. The number of nitrogens with one attached hydrogen (secondary N) is 1. The molecule has 0 aromatic carbocycles. The lowest BCUT2D eigenvalue weighted by atomic mass is 9.47. The molecule has 1 nitrogen and oxygen atoms in total. The smallest absolute Gasteiger partial charge is 0.000513 e. The van der Waals surface area contributed by atoms with Gasteiger partial charge in [-0.3, -0.25) is 0 Å². The lowest BCUT2D eigenvalue weighted by Crippen LogP contribution is -2.52. The van der Waals surface area contributed by atoms with Gasteiger partial charge in [0.1, 0.15) is 0 Å². The molecule has 0 bridgehead atoms. The van der Waals surface area contributed by atoms with E-state index in [-0.39, 0.29) is 0 Å². The van der Waals surface area contributed by atoms with E-state index in [2.05, 4.69) is 52.2 Å². The van der Waals surface area contributed by atoms with Crippen molar-refractivity contribution in [3.63, 3.8) is 0 Å². The van der Waals surface area contributed by atoms with E-state index in [1.807, 2.05) is 0 Å². The number of hydrogen-bond acceptors (Lipinski definition) is 1. The van der Waals surface area contributed by atoms with Crippen molar-refractivity contribution in [1.82, 2.24) is 5.32 Å². The SMILES string of the molecule is CNC[C@]1(C)CCC[C@@]2(C)C3CCC(C(C)C)=CC3=CCC12. The summed E-state index contributed by atoms with van der Waals surface area (Å²) >= 11 is 0. The van der Waals surface area contributed by atoms with Crippen LogP contribution in [-0.2, 0) is 0 Å². The lowest BCUT2D eigenvalue weighted by Gasteiger charge is -2.58. The van der Waals surface area contributed by atoms with Crippen LogP contribution < -0.4 is 5.32 Å². The molecule has 1 heteroatoms. The molecule has 0 amide bonds. The summed E-state index contributed by atoms with van der Waals surface area (Å²) in [5.74, 6) is 2.38. The Bertz CT molecular complexity index is 482. The summed E-state index contributed by atoms with van der Waals surface area (Å²) in [6, 6.07) is 0. The van der Waals surface area contributed by atoms with Crippen LogP contribution in [0.4, 0.5) is 0 Å². The highest BCUT2D eigenvalue weighted by molar-refractivity contribution is 5.35. The Morgan fingerprint density at radius 1 is 1.27 bits per heavy atom. The van der Waals surface area contributed by atoms with Gasteiger partial charge in [0.05, 0.1) is 0 Å². The van der Waals surface area contributed by atoms with Gasteiger partial charge >= 0.3 is 0 Å². The molecule has 0 heterocycles. The Labute approximate surface area is 137 Å². The van der Waals surface area contributed by atoms with Gasteiger partial charge in [-0.15, -0.1) is 0 Å². The second kappa shape index (κ2) is 5.82. The fraction of sp³-hybridized carbons (Fsp3) is 0.810. The first kappa shape index (κ1) is 16.3. The number of rotatable bonds is 3. The molecule has 2 unspecified atom stereocenters. The van der Waals surface area contributed by atoms with Crippen LogP contribution in [0, 0.1) is 28.6 Å². The predicted octanol–water partition coefficient (Wildman–Crippen LogP) is 5.34. The fourth-order valence-electron chi connectivity index (χ4n) is 6.09. The van der Waals surface area contributed by atoms with E-state index in [1.54, 1.807) is 11.1 Å². The van der Waals surface area contributed by atoms with Crippen LogP contribution in [0.2, 0.25) is 0 Å². The fourth-order valence-corrected chi connectivity index (χ4v) is 6.09. The topological polar surface area (TPSA) is 12.0 Å². The van der Waals surface area contributed by atoms with Crippen molar-refractivity contribution in [3.8, 4) is 0 Å². The maximum Gasteiger partial charge on any atom is 0.000513 e. The van der Waals surface area contributed by atoms with Crippen LogP contribution in [0.3, 0.4) is 0 Å².